The molecule has 1 unspecified atom stereocenters. The standard InChI is InChI=1S/C14H20N2O/c1-11-5-7-12(8-6-11)13-4-2-3-9-16(13)14(17)10-15/h5-8,13H,2-4,9-10,15H2,1H3. The van der Waals surface area contributed by atoms with Crippen LogP contribution in [-0.2, 0) is 4.79 Å². The van der Waals surface area contributed by atoms with Crippen LogP contribution in [0.1, 0.15) is 36.4 Å². The van der Waals surface area contributed by atoms with Crippen LogP contribution in [-0.4, -0.2) is 23.9 Å². The van der Waals surface area contributed by atoms with E-state index in [-0.39, 0.29) is 18.5 Å². The largest absolute Gasteiger partial charge is 0.335 e. The zero-order valence-electron chi connectivity index (χ0n) is 10.4. The molecule has 1 aromatic rings. The van der Waals surface area contributed by atoms with Crippen LogP contribution < -0.4 is 5.73 Å². The Kier molecular flexibility index (Phi) is 3.79. The number of amides is 1. The van der Waals surface area contributed by atoms with Crippen LogP contribution in [0.5, 0.6) is 0 Å². The van der Waals surface area contributed by atoms with Gasteiger partial charge in [-0.3, -0.25) is 4.79 Å². The third-order valence-corrected chi connectivity index (χ3v) is 3.46. The summed E-state index contributed by atoms with van der Waals surface area (Å²) in [7, 11) is 0. The van der Waals surface area contributed by atoms with Crippen molar-refractivity contribution in [2.24, 2.45) is 5.73 Å². The first kappa shape index (κ1) is 12.1. The zero-order chi connectivity index (χ0) is 12.3. The Morgan fingerprint density at radius 2 is 2.06 bits per heavy atom. The third kappa shape index (κ3) is 2.67. The molecule has 2 rings (SSSR count). The summed E-state index contributed by atoms with van der Waals surface area (Å²) in [4.78, 5) is 13.8. The Hall–Kier alpha value is -1.35. The second-order valence-electron chi connectivity index (χ2n) is 4.71. The molecule has 0 bridgehead atoms. The molecule has 3 heteroatoms. The van der Waals surface area contributed by atoms with Crippen LogP contribution in [0.4, 0.5) is 0 Å². The summed E-state index contributed by atoms with van der Waals surface area (Å²) in [6.07, 6.45) is 3.33. The molecule has 3 nitrogen and oxygen atoms in total. The minimum atomic E-state index is 0.0651. The Bertz CT molecular complexity index is 386. The summed E-state index contributed by atoms with van der Waals surface area (Å²) in [6.45, 7) is 3.03. The molecule has 1 heterocycles. The highest BCUT2D eigenvalue weighted by atomic mass is 16.2. The van der Waals surface area contributed by atoms with Crippen LogP contribution >= 0.6 is 0 Å². The van der Waals surface area contributed by atoms with Gasteiger partial charge >= 0.3 is 0 Å². The van der Waals surface area contributed by atoms with E-state index in [1.54, 1.807) is 0 Å². The Balaban J connectivity index is 2.21. The fourth-order valence-corrected chi connectivity index (χ4v) is 2.48. The maximum absolute atomic E-state index is 11.8. The van der Waals surface area contributed by atoms with Gasteiger partial charge in [0.15, 0.2) is 0 Å². The molecule has 1 amide bonds. The maximum atomic E-state index is 11.8. The number of aryl methyl sites for hydroxylation is 1. The molecule has 1 aromatic carbocycles. The number of benzene rings is 1. The highest BCUT2D eigenvalue weighted by molar-refractivity contribution is 5.78. The average Bonchev–Trinajstić information content (AvgIpc) is 2.39. The van der Waals surface area contributed by atoms with E-state index in [9.17, 15) is 4.79 Å². The van der Waals surface area contributed by atoms with Gasteiger partial charge < -0.3 is 10.6 Å². The van der Waals surface area contributed by atoms with E-state index < -0.39 is 0 Å². The highest BCUT2D eigenvalue weighted by Crippen LogP contribution is 2.30. The maximum Gasteiger partial charge on any atom is 0.236 e. The van der Waals surface area contributed by atoms with E-state index >= 15 is 0 Å². The second-order valence-corrected chi connectivity index (χ2v) is 4.71. The molecule has 1 fully saturated rings. The van der Waals surface area contributed by atoms with Gasteiger partial charge in [-0.15, -0.1) is 0 Å². The van der Waals surface area contributed by atoms with Gasteiger partial charge in [0.05, 0.1) is 12.6 Å². The molecule has 0 radical (unpaired) electrons. The number of carbonyl (C=O) groups excluding carboxylic acids is 1. The molecule has 1 atom stereocenters. The van der Waals surface area contributed by atoms with Gasteiger partial charge in [-0.05, 0) is 31.7 Å². The van der Waals surface area contributed by atoms with Gasteiger partial charge in [0.25, 0.3) is 0 Å². The lowest BCUT2D eigenvalue weighted by Gasteiger charge is -2.36. The molecule has 1 aliphatic heterocycles. The predicted molar refractivity (Wildman–Crippen MR) is 68.5 cm³/mol. The Labute approximate surface area is 103 Å². The number of piperidine rings is 1. The number of hydrogen-bond acceptors (Lipinski definition) is 2. The summed E-state index contributed by atoms with van der Waals surface area (Å²) in [5, 5.41) is 0. The number of nitrogens with two attached hydrogens (primary N) is 1. The first-order chi connectivity index (χ1) is 8.22. The molecular weight excluding hydrogens is 212 g/mol. The predicted octanol–water partition coefficient (Wildman–Crippen LogP) is 2.01. The second kappa shape index (κ2) is 5.32. The van der Waals surface area contributed by atoms with E-state index in [4.69, 9.17) is 5.73 Å². The third-order valence-electron chi connectivity index (χ3n) is 3.46. The van der Waals surface area contributed by atoms with E-state index in [0.29, 0.717) is 0 Å². The summed E-state index contributed by atoms with van der Waals surface area (Å²) >= 11 is 0. The van der Waals surface area contributed by atoms with E-state index in [1.165, 1.54) is 17.5 Å². The summed E-state index contributed by atoms with van der Waals surface area (Å²) in [5.41, 5.74) is 7.96. The lowest BCUT2D eigenvalue weighted by molar-refractivity contribution is -0.133. The number of carbonyl (C=O) groups is 1. The number of nitrogens with zero attached hydrogens (tertiary/aromatic N) is 1. The van der Waals surface area contributed by atoms with Gasteiger partial charge in [-0.2, -0.15) is 0 Å². The van der Waals surface area contributed by atoms with Gasteiger partial charge in [-0.1, -0.05) is 29.8 Å². The van der Waals surface area contributed by atoms with Crippen LogP contribution in [0.2, 0.25) is 0 Å². The van der Waals surface area contributed by atoms with Crippen molar-refractivity contribution < 1.29 is 4.79 Å². The van der Waals surface area contributed by atoms with Crippen LogP contribution in [0.15, 0.2) is 24.3 Å². The van der Waals surface area contributed by atoms with Crippen molar-refractivity contribution in [3.63, 3.8) is 0 Å². The monoisotopic (exact) mass is 232 g/mol. The fraction of sp³-hybridized carbons (Fsp3) is 0.500. The van der Waals surface area contributed by atoms with Crippen molar-refractivity contribution in [3.05, 3.63) is 35.4 Å². The minimum Gasteiger partial charge on any atom is -0.335 e. The molecule has 2 N–H and O–H groups in total. The number of hydrogen-bond donors (Lipinski definition) is 1. The molecule has 0 aromatic heterocycles. The zero-order valence-corrected chi connectivity index (χ0v) is 10.4. The molecule has 17 heavy (non-hydrogen) atoms. The van der Waals surface area contributed by atoms with Gasteiger partial charge in [0.2, 0.25) is 5.91 Å². The minimum absolute atomic E-state index is 0.0651. The van der Waals surface area contributed by atoms with Gasteiger partial charge in [0, 0.05) is 6.54 Å². The molecular formula is C14H20N2O. The first-order valence-electron chi connectivity index (χ1n) is 6.28. The topological polar surface area (TPSA) is 46.3 Å². The van der Waals surface area contributed by atoms with Gasteiger partial charge in [-0.25, -0.2) is 0 Å². The normalized spacial score (nSPS) is 20.4. The van der Waals surface area contributed by atoms with Crippen LogP contribution in [0.3, 0.4) is 0 Å². The molecule has 1 saturated heterocycles. The van der Waals surface area contributed by atoms with E-state index in [1.807, 2.05) is 4.90 Å². The van der Waals surface area contributed by atoms with E-state index in [2.05, 4.69) is 31.2 Å². The quantitative estimate of drug-likeness (QED) is 0.847. The van der Waals surface area contributed by atoms with Crippen LogP contribution in [0.25, 0.3) is 0 Å². The highest BCUT2D eigenvalue weighted by Gasteiger charge is 2.26. The lowest BCUT2D eigenvalue weighted by Crippen LogP contribution is -2.41. The first-order valence-corrected chi connectivity index (χ1v) is 6.28. The summed E-state index contributed by atoms with van der Waals surface area (Å²) in [5.74, 6) is 0.0651. The average molecular weight is 232 g/mol. The molecule has 0 spiro atoms. The SMILES string of the molecule is Cc1ccc(C2CCCCN2C(=O)CN)cc1. The van der Waals surface area contributed by atoms with Crippen molar-refractivity contribution in [2.75, 3.05) is 13.1 Å². The van der Waals surface area contributed by atoms with Crippen molar-refractivity contribution in [3.8, 4) is 0 Å². The summed E-state index contributed by atoms with van der Waals surface area (Å²) in [6, 6.07) is 8.69. The number of likely N-dealkylation sites (tertiary alicyclic amines) is 1. The fourth-order valence-electron chi connectivity index (χ4n) is 2.48. The van der Waals surface area contributed by atoms with E-state index in [0.717, 1.165) is 19.4 Å². The Morgan fingerprint density at radius 1 is 1.35 bits per heavy atom. The molecule has 0 aliphatic carbocycles. The molecule has 92 valence electrons. The lowest BCUT2D eigenvalue weighted by atomic mass is 9.94. The van der Waals surface area contributed by atoms with Crippen LogP contribution in [0, 0.1) is 6.92 Å². The van der Waals surface area contributed by atoms with Crippen molar-refractivity contribution in [1.82, 2.24) is 4.90 Å². The molecule has 0 saturated carbocycles. The molecule has 1 aliphatic rings. The van der Waals surface area contributed by atoms with Crippen molar-refractivity contribution in [1.29, 1.82) is 0 Å². The smallest absolute Gasteiger partial charge is 0.236 e. The van der Waals surface area contributed by atoms with Gasteiger partial charge in [0.1, 0.15) is 0 Å². The van der Waals surface area contributed by atoms with Crippen molar-refractivity contribution in [2.45, 2.75) is 32.2 Å². The summed E-state index contributed by atoms with van der Waals surface area (Å²) < 4.78 is 0. The number of rotatable bonds is 2. The van der Waals surface area contributed by atoms with Crippen molar-refractivity contribution >= 4 is 5.91 Å². The Morgan fingerprint density at radius 3 is 2.71 bits per heavy atom.